The van der Waals surface area contributed by atoms with Gasteiger partial charge in [-0.05, 0) is 31.4 Å². The van der Waals surface area contributed by atoms with Crippen molar-refractivity contribution in [3.8, 4) is 0 Å². The zero-order valence-electron chi connectivity index (χ0n) is 10.9. The molecule has 1 N–H and O–H groups in total. The van der Waals surface area contributed by atoms with Gasteiger partial charge >= 0.3 is 0 Å². The molecule has 1 aromatic carbocycles. The van der Waals surface area contributed by atoms with Gasteiger partial charge in [-0.15, -0.1) is 0 Å². The van der Waals surface area contributed by atoms with E-state index in [1.165, 1.54) is 25.8 Å². The number of likely N-dealkylation sites (tertiary alicyclic amines) is 1. The van der Waals surface area contributed by atoms with Gasteiger partial charge in [-0.2, -0.15) is 0 Å². The summed E-state index contributed by atoms with van der Waals surface area (Å²) in [6, 6.07) is 9.58. The van der Waals surface area contributed by atoms with Crippen LogP contribution in [0.1, 0.15) is 19.3 Å². The molecule has 0 radical (unpaired) electrons. The number of nitrogens with zero attached hydrogens (tertiary/aromatic N) is 3. The third kappa shape index (κ3) is 2.16. The molecule has 4 rings (SSSR count). The van der Waals surface area contributed by atoms with Crippen molar-refractivity contribution in [3.63, 3.8) is 0 Å². The lowest BCUT2D eigenvalue weighted by Gasteiger charge is -2.16. The Morgan fingerprint density at radius 3 is 2.89 bits per heavy atom. The van der Waals surface area contributed by atoms with Crippen LogP contribution in [0, 0.1) is 0 Å². The van der Waals surface area contributed by atoms with Crippen molar-refractivity contribution < 1.29 is 0 Å². The second-order valence-electron chi connectivity index (χ2n) is 5.60. The van der Waals surface area contributed by atoms with Crippen molar-refractivity contribution in [2.24, 2.45) is 0 Å². The second kappa shape index (κ2) is 4.46. The first-order valence-corrected chi connectivity index (χ1v) is 7.10. The van der Waals surface area contributed by atoms with Crippen molar-refractivity contribution >= 4 is 16.7 Å². The number of hydrogen-bond donors (Lipinski definition) is 1. The Morgan fingerprint density at radius 2 is 2.00 bits per heavy atom. The number of nitrogens with one attached hydrogen (secondary N) is 1. The zero-order chi connectivity index (χ0) is 12.7. The number of aromatic nitrogens is 2. The van der Waals surface area contributed by atoms with Crippen LogP contribution in [0.5, 0.6) is 0 Å². The van der Waals surface area contributed by atoms with Crippen molar-refractivity contribution in [1.29, 1.82) is 0 Å². The molecule has 1 aliphatic heterocycles. The minimum absolute atomic E-state index is 0.527. The number of rotatable bonds is 3. The van der Waals surface area contributed by atoms with Gasteiger partial charge in [0, 0.05) is 30.6 Å². The highest BCUT2D eigenvalue weighted by Gasteiger charge is 2.34. The van der Waals surface area contributed by atoms with Crippen LogP contribution in [-0.4, -0.2) is 40.0 Å². The van der Waals surface area contributed by atoms with Crippen LogP contribution in [0.4, 0.5) is 5.82 Å². The predicted molar refractivity (Wildman–Crippen MR) is 76.2 cm³/mol. The molecule has 1 saturated carbocycles. The monoisotopic (exact) mass is 254 g/mol. The van der Waals surface area contributed by atoms with Crippen molar-refractivity contribution in [2.75, 3.05) is 18.4 Å². The lowest BCUT2D eigenvalue weighted by atomic mass is 10.2. The summed E-state index contributed by atoms with van der Waals surface area (Å²) in [7, 11) is 0. The van der Waals surface area contributed by atoms with Gasteiger partial charge in [0.25, 0.3) is 0 Å². The van der Waals surface area contributed by atoms with E-state index in [4.69, 9.17) is 0 Å². The zero-order valence-corrected chi connectivity index (χ0v) is 10.9. The lowest BCUT2D eigenvalue weighted by molar-refractivity contribution is 0.326. The normalized spacial score (nSPS) is 23.9. The quantitative estimate of drug-likeness (QED) is 0.912. The van der Waals surface area contributed by atoms with Crippen LogP contribution in [0.15, 0.2) is 30.6 Å². The second-order valence-corrected chi connectivity index (χ2v) is 5.60. The van der Waals surface area contributed by atoms with Crippen LogP contribution in [-0.2, 0) is 0 Å². The van der Waals surface area contributed by atoms with Gasteiger partial charge in [0.15, 0.2) is 0 Å². The summed E-state index contributed by atoms with van der Waals surface area (Å²) in [6.07, 6.45) is 5.65. The summed E-state index contributed by atoms with van der Waals surface area (Å²) in [6.45, 7) is 2.38. The van der Waals surface area contributed by atoms with Gasteiger partial charge in [0.05, 0.1) is 5.52 Å². The Balaban J connectivity index is 1.55. The van der Waals surface area contributed by atoms with E-state index in [0.717, 1.165) is 29.3 Å². The Hall–Kier alpha value is -1.68. The maximum absolute atomic E-state index is 4.42. The van der Waals surface area contributed by atoms with E-state index in [9.17, 15) is 0 Å². The van der Waals surface area contributed by atoms with E-state index in [1.807, 2.05) is 18.2 Å². The average molecular weight is 254 g/mol. The molecule has 0 spiro atoms. The van der Waals surface area contributed by atoms with E-state index >= 15 is 0 Å². The number of benzene rings is 1. The van der Waals surface area contributed by atoms with Gasteiger partial charge in [-0.25, -0.2) is 9.97 Å². The minimum Gasteiger partial charge on any atom is -0.365 e. The molecular formula is C15H18N4. The first kappa shape index (κ1) is 11.2. The molecule has 2 aliphatic rings. The molecule has 19 heavy (non-hydrogen) atoms. The molecule has 2 fully saturated rings. The number of anilines is 1. The van der Waals surface area contributed by atoms with E-state index < -0.39 is 0 Å². The van der Waals surface area contributed by atoms with E-state index in [0.29, 0.717) is 6.04 Å². The standard InChI is InChI=1S/C15H18N4/c1-2-4-14-13(3-1)15(17-10-16-14)18-11-7-8-19(9-11)12-5-6-12/h1-4,10-12H,5-9H2,(H,16,17,18). The predicted octanol–water partition coefficient (Wildman–Crippen LogP) is 2.28. The molecule has 1 atom stereocenters. The molecule has 1 aliphatic carbocycles. The summed E-state index contributed by atoms with van der Waals surface area (Å²) >= 11 is 0. The van der Waals surface area contributed by atoms with E-state index in [2.05, 4.69) is 26.3 Å². The van der Waals surface area contributed by atoms with Crippen LogP contribution in [0.3, 0.4) is 0 Å². The Kier molecular flexibility index (Phi) is 2.62. The fourth-order valence-corrected chi connectivity index (χ4v) is 2.99. The molecule has 2 aromatic rings. The lowest BCUT2D eigenvalue weighted by Crippen LogP contribution is -2.28. The molecule has 0 bridgehead atoms. The number of fused-ring (bicyclic) bond motifs is 1. The summed E-state index contributed by atoms with van der Waals surface area (Å²) < 4.78 is 0. The molecule has 1 saturated heterocycles. The smallest absolute Gasteiger partial charge is 0.137 e. The highest BCUT2D eigenvalue weighted by molar-refractivity contribution is 5.88. The molecule has 0 amide bonds. The SMILES string of the molecule is c1ccc2c(NC3CCN(C4CC4)C3)ncnc2c1. The molecular weight excluding hydrogens is 236 g/mol. The first-order valence-electron chi connectivity index (χ1n) is 7.10. The average Bonchev–Trinajstić information content (AvgIpc) is 3.20. The summed E-state index contributed by atoms with van der Waals surface area (Å²) in [5, 5.41) is 4.72. The van der Waals surface area contributed by atoms with Crippen LogP contribution >= 0.6 is 0 Å². The third-order valence-corrected chi connectivity index (χ3v) is 4.17. The Morgan fingerprint density at radius 1 is 1.11 bits per heavy atom. The number of hydrogen-bond acceptors (Lipinski definition) is 4. The molecule has 4 heteroatoms. The highest BCUT2D eigenvalue weighted by Crippen LogP contribution is 2.31. The Labute approximate surface area is 112 Å². The van der Waals surface area contributed by atoms with Crippen LogP contribution in [0.25, 0.3) is 10.9 Å². The maximum atomic E-state index is 4.42. The van der Waals surface area contributed by atoms with Crippen LogP contribution in [0.2, 0.25) is 0 Å². The van der Waals surface area contributed by atoms with Gasteiger partial charge < -0.3 is 5.32 Å². The maximum Gasteiger partial charge on any atom is 0.137 e. The van der Waals surface area contributed by atoms with Gasteiger partial charge in [0.1, 0.15) is 12.1 Å². The fourth-order valence-electron chi connectivity index (χ4n) is 2.99. The topological polar surface area (TPSA) is 41.0 Å². The van der Waals surface area contributed by atoms with E-state index in [1.54, 1.807) is 6.33 Å². The van der Waals surface area contributed by atoms with Crippen LogP contribution < -0.4 is 5.32 Å². The van der Waals surface area contributed by atoms with Gasteiger partial charge in [0.2, 0.25) is 0 Å². The molecule has 98 valence electrons. The van der Waals surface area contributed by atoms with Crippen molar-refractivity contribution in [1.82, 2.24) is 14.9 Å². The highest BCUT2D eigenvalue weighted by atomic mass is 15.2. The largest absolute Gasteiger partial charge is 0.365 e. The third-order valence-electron chi connectivity index (χ3n) is 4.17. The molecule has 1 aromatic heterocycles. The summed E-state index contributed by atoms with van der Waals surface area (Å²) in [4.78, 5) is 11.3. The number of para-hydroxylation sites is 1. The Bertz CT molecular complexity index is 588. The van der Waals surface area contributed by atoms with Crippen molar-refractivity contribution in [3.05, 3.63) is 30.6 Å². The van der Waals surface area contributed by atoms with E-state index in [-0.39, 0.29) is 0 Å². The molecule has 2 heterocycles. The summed E-state index contributed by atoms with van der Waals surface area (Å²) in [5.74, 6) is 0.980. The first-order chi connectivity index (χ1) is 9.40. The van der Waals surface area contributed by atoms with Crippen molar-refractivity contribution in [2.45, 2.75) is 31.3 Å². The van der Waals surface area contributed by atoms with Gasteiger partial charge in [-0.1, -0.05) is 12.1 Å². The summed E-state index contributed by atoms with van der Waals surface area (Å²) in [5.41, 5.74) is 1.01. The van der Waals surface area contributed by atoms with Gasteiger partial charge in [-0.3, -0.25) is 4.90 Å². The fraction of sp³-hybridized carbons (Fsp3) is 0.467. The minimum atomic E-state index is 0.527. The molecule has 1 unspecified atom stereocenters. The molecule has 4 nitrogen and oxygen atoms in total.